The van der Waals surface area contributed by atoms with Crippen molar-refractivity contribution < 1.29 is 13.2 Å². The first-order valence-corrected chi connectivity index (χ1v) is 7.71. The highest BCUT2D eigenvalue weighted by molar-refractivity contribution is 7.89. The van der Waals surface area contributed by atoms with Gasteiger partial charge in [-0.05, 0) is 13.0 Å². The van der Waals surface area contributed by atoms with Gasteiger partial charge in [-0.3, -0.25) is 0 Å². The van der Waals surface area contributed by atoms with E-state index in [4.69, 9.17) is 4.74 Å². The van der Waals surface area contributed by atoms with Gasteiger partial charge in [0.2, 0.25) is 10.0 Å². The standard InChI is InChI=1S/C10H23N3O3S/c1-10(2)11-4-3-9-17(14,15)12-13-5-7-16-8-6-13/h10-12H,3-9H2,1-2H3. The van der Waals surface area contributed by atoms with Crippen LogP contribution in [0.2, 0.25) is 0 Å². The molecule has 1 heterocycles. The van der Waals surface area contributed by atoms with Crippen LogP contribution in [0, 0.1) is 0 Å². The Kier molecular flexibility index (Phi) is 6.35. The maximum Gasteiger partial charge on any atom is 0.224 e. The molecule has 1 saturated heterocycles. The molecule has 0 spiro atoms. The van der Waals surface area contributed by atoms with Crippen LogP contribution < -0.4 is 10.1 Å². The van der Waals surface area contributed by atoms with E-state index in [0.29, 0.717) is 38.8 Å². The molecule has 0 radical (unpaired) electrons. The average Bonchev–Trinajstić information content (AvgIpc) is 2.25. The molecule has 0 bridgehead atoms. The number of hydrazine groups is 1. The van der Waals surface area contributed by atoms with E-state index < -0.39 is 10.0 Å². The molecule has 1 aliphatic heterocycles. The van der Waals surface area contributed by atoms with Crippen molar-refractivity contribution in [2.75, 3.05) is 38.6 Å². The number of rotatable bonds is 7. The molecule has 7 heteroatoms. The number of nitrogens with one attached hydrogen (secondary N) is 2. The van der Waals surface area contributed by atoms with Gasteiger partial charge in [0.05, 0.1) is 19.0 Å². The van der Waals surface area contributed by atoms with Gasteiger partial charge in [0.25, 0.3) is 0 Å². The van der Waals surface area contributed by atoms with Gasteiger partial charge in [0.15, 0.2) is 0 Å². The van der Waals surface area contributed by atoms with Crippen molar-refractivity contribution in [1.82, 2.24) is 15.2 Å². The van der Waals surface area contributed by atoms with Crippen molar-refractivity contribution in [2.45, 2.75) is 26.3 Å². The minimum atomic E-state index is -3.20. The Hall–Kier alpha value is -0.210. The fourth-order valence-corrected chi connectivity index (χ4v) is 2.74. The maximum absolute atomic E-state index is 11.7. The first-order chi connectivity index (χ1) is 7.99. The molecule has 1 fully saturated rings. The molecule has 6 nitrogen and oxygen atoms in total. The minimum absolute atomic E-state index is 0.157. The van der Waals surface area contributed by atoms with E-state index >= 15 is 0 Å². The summed E-state index contributed by atoms with van der Waals surface area (Å²) in [5.41, 5.74) is 0. The predicted octanol–water partition coefficient (Wildman–Crippen LogP) is -0.459. The molecule has 0 saturated carbocycles. The number of hydrogen-bond acceptors (Lipinski definition) is 5. The number of sulfonamides is 1. The second-order valence-electron chi connectivity index (χ2n) is 4.47. The highest BCUT2D eigenvalue weighted by Crippen LogP contribution is 1.97. The van der Waals surface area contributed by atoms with Gasteiger partial charge < -0.3 is 10.1 Å². The Bertz CT molecular complexity index is 300. The summed E-state index contributed by atoms with van der Waals surface area (Å²) in [6, 6.07) is 0.393. The smallest absolute Gasteiger partial charge is 0.224 e. The second kappa shape index (κ2) is 7.27. The predicted molar refractivity (Wildman–Crippen MR) is 67.1 cm³/mol. The van der Waals surface area contributed by atoms with Crippen LogP contribution in [-0.2, 0) is 14.8 Å². The lowest BCUT2D eigenvalue weighted by Gasteiger charge is -2.26. The SMILES string of the molecule is CC(C)NCCCS(=O)(=O)NN1CCOCC1. The molecule has 102 valence electrons. The van der Waals surface area contributed by atoms with E-state index in [9.17, 15) is 8.42 Å². The van der Waals surface area contributed by atoms with Crippen LogP contribution in [0.4, 0.5) is 0 Å². The third kappa shape index (κ3) is 6.95. The number of morpholine rings is 1. The van der Waals surface area contributed by atoms with Crippen LogP contribution in [-0.4, -0.2) is 58.1 Å². The molecule has 0 aromatic rings. The molecule has 0 amide bonds. The summed E-state index contributed by atoms with van der Waals surface area (Å²) in [5.74, 6) is 0.157. The van der Waals surface area contributed by atoms with Gasteiger partial charge in [0, 0.05) is 19.1 Å². The molecule has 17 heavy (non-hydrogen) atoms. The zero-order chi connectivity index (χ0) is 12.7. The monoisotopic (exact) mass is 265 g/mol. The minimum Gasteiger partial charge on any atom is -0.379 e. The summed E-state index contributed by atoms with van der Waals surface area (Å²) in [6.07, 6.45) is 0.623. The van der Waals surface area contributed by atoms with Crippen molar-refractivity contribution in [3.63, 3.8) is 0 Å². The normalized spacial score (nSPS) is 18.8. The van der Waals surface area contributed by atoms with Gasteiger partial charge in [-0.1, -0.05) is 13.8 Å². The summed E-state index contributed by atoms with van der Waals surface area (Å²) in [7, 11) is -3.20. The lowest BCUT2D eigenvalue weighted by Crippen LogP contribution is -2.49. The van der Waals surface area contributed by atoms with Crippen LogP contribution in [0.25, 0.3) is 0 Å². The largest absolute Gasteiger partial charge is 0.379 e. The Balaban J connectivity index is 2.20. The fourth-order valence-electron chi connectivity index (χ4n) is 1.55. The number of hydrogen-bond donors (Lipinski definition) is 2. The van der Waals surface area contributed by atoms with Crippen LogP contribution in [0.1, 0.15) is 20.3 Å². The maximum atomic E-state index is 11.7. The topological polar surface area (TPSA) is 70.7 Å². The van der Waals surface area contributed by atoms with Crippen LogP contribution in [0.5, 0.6) is 0 Å². The first-order valence-electron chi connectivity index (χ1n) is 6.06. The van der Waals surface area contributed by atoms with Crippen molar-refractivity contribution in [3.05, 3.63) is 0 Å². The fraction of sp³-hybridized carbons (Fsp3) is 1.00. The van der Waals surface area contributed by atoms with Gasteiger partial charge in [-0.25, -0.2) is 13.4 Å². The number of nitrogens with zero attached hydrogens (tertiary/aromatic N) is 1. The third-order valence-corrected chi connectivity index (χ3v) is 3.78. The van der Waals surface area contributed by atoms with Crippen molar-refractivity contribution in [2.24, 2.45) is 0 Å². The molecule has 1 aliphatic rings. The molecular weight excluding hydrogens is 242 g/mol. The lowest BCUT2D eigenvalue weighted by atomic mass is 10.4. The lowest BCUT2D eigenvalue weighted by molar-refractivity contribution is 0.0272. The van der Waals surface area contributed by atoms with E-state index in [1.54, 1.807) is 5.01 Å². The van der Waals surface area contributed by atoms with Crippen molar-refractivity contribution in [1.29, 1.82) is 0 Å². The Morgan fingerprint density at radius 2 is 1.94 bits per heavy atom. The molecule has 0 aromatic carbocycles. The first kappa shape index (κ1) is 14.8. The average molecular weight is 265 g/mol. The number of ether oxygens (including phenoxy) is 1. The van der Waals surface area contributed by atoms with E-state index in [-0.39, 0.29) is 5.75 Å². The van der Waals surface area contributed by atoms with Gasteiger partial charge in [0.1, 0.15) is 0 Å². The summed E-state index contributed by atoms with van der Waals surface area (Å²) in [5, 5.41) is 4.90. The second-order valence-corrected chi connectivity index (χ2v) is 6.29. The quantitative estimate of drug-likeness (QED) is 0.610. The Labute approximate surface area is 104 Å². The van der Waals surface area contributed by atoms with E-state index in [2.05, 4.69) is 10.1 Å². The van der Waals surface area contributed by atoms with Crippen molar-refractivity contribution in [3.8, 4) is 0 Å². The molecule has 0 unspecified atom stereocenters. The summed E-state index contributed by atoms with van der Waals surface area (Å²) < 4.78 is 28.6. The molecule has 0 aliphatic carbocycles. The van der Waals surface area contributed by atoms with Crippen LogP contribution >= 0.6 is 0 Å². The molecular formula is C10H23N3O3S. The Morgan fingerprint density at radius 1 is 1.29 bits per heavy atom. The highest BCUT2D eigenvalue weighted by atomic mass is 32.2. The highest BCUT2D eigenvalue weighted by Gasteiger charge is 2.17. The van der Waals surface area contributed by atoms with Gasteiger partial charge in [-0.15, -0.1) is 4.83 Å². The zero-order valence-electron chi connectivity index (χ0n) is 10.6. The van der Waals surface area contributed by atoms with Crippen LogP contribution in [0.3, 0.4) is 0 Å². The Morgan fingerprint density at radius 3 is 2.53 bits per heavy atom. The zero-order valence-corrected chi connectivity index (χ0v) is 11.4. The van der Waals surface area contributed by atoms with Gasteiger partial charge in [-0.2, -0.15) is 0 Å². The third-order valence-electron chi connectivity index (χ3n) is 2.42. The summed E-state index contributed by atoms with van der Waals surface area (Å²) >= 11 is 0. The molecule has 1 rings (SSSR count). The molecule has 0 atom stereocenters. The van der Waals surface area contributed by atoms with E-state index in [1.165, 1.54) is 0 Å². The molecule has 2 N–H and O–H groups in total. The van der Waals surface area contributed by atoms with Crippen LogP contribution in [0.15, 0.2) is 0 Å². The van der Waals surface area contributed by atoms with Gasteiger partial charge >= 0.3 is 0 Å². The van der Waals surface area contributed by atoms with Crippen molar-refractivity contribution >= 4 is 10.0 Å². The summed E-state index contributed by atoms with van der Waals surface area (Å²) in [6.45, 7) is 7.20. The molecule has 0 aromatic heterocycles. The van der Waals surface area contributed by atoms with E-state index in [1.807, 2.05) is 13.8 Å². The van der Waals surface area contributed by atoms with E-state index in [0.717, 1.165) is 6.54 Å². The summed E-state index contributed by atoms with van der Waals surface area (Å²) in [4.78, 5) is 2.58.